The molecule has 1 amide bonds. The van der Waals surface area contributed by atoms with Gasteiger partial charge in [-0.15, -0.1) is 0 Å². The van der Waals surface area contributed by atoms with Gasteiger partial charge in [0.05, 0.1) is 5.69 Å². The van der Waals surface area contributed by atoms with Gasteiger partial charge in [-0.3, -0.25) is 4.79 Å². The quantitative estimate of drug-likeness (QED) is 0.833. The van der Waals surface area contributed by atoms with E-state index in [1.165, 1.54) is 12.5 Å². The minimum atomic E-state index is -1.03. The van der Waals surface area contributed by atoms with Crippen molar-refractivity contribution in [1.29, 1.82) is 0 Å². The van der Waals surface area contributed by atoms with Crippen LogP contribution in [0.5, 0.6) is 0 Å². The molecule has 2 aromatic rings. The monoisotopic (exact) mass is 272 g/mol. The molecule has 0 radical (unpaired) electrons. The molecule has 6 nitrogen and oxygen atoms in total. The van der Waals surface area contributed by atoms with E-state index in [2.05, 4.69) is 10.3 Å². The summed E-state index contributed by atoms with van der Waals surface area (Å²) in [6, 6.07) is 6.80. The van der Waals surface area contributed by atoms with Crippen LogP contribution in [0, 0.1) is 6.92 Å². The zero-order valence-corrected chi connectivity index (χ0v) is 10.7. The van der Waals surface area contributed by atoms with Crippen LogP contribution in [-0.4, -0.2) is 22.0 Å². The molecule has 0 bridgehead atoms. The third-order valence-electron chi connectivity index (χ3n) is 2.51. The van der Waals surface area contributed by atoms with Crippen molar-refractivity contribution in [1.82, 2.24) is 4.98 Å². The average Bonchev–Trinajstić information content (AvgIpc) is 2.83. The SMILES string of the molecule is Cc1ncoc1C(=O)Nc1cccc(/C=C/C(=O)O)c1. The molecule has 0 unspecified atom stereocenters. The predicted molar refractivity (Wildman–Crippen MR) is 72.3 cm³/mol. The van der Waals surface area contributed by atoms with Gasteiger partial charge in [0, 0.05) is 11.8 Å². The highest BCUT2D eigenvalue weighted by Gasteiger charge is 2.13. The molecule has 102 valence electrons. The molecule has 0 spiro atoms. The maximum absolute atomic E-state index is 11.9. The molecule has 20 heavy (non-hydrogen) atoms. The fourth-order valence-electron chi connectivity index (χ4n) is 1.60. The second kappa shape index (κ2) is 5.83. The molecular formula is C14H12N2O4. The van der Waals surface area contributed by atoms with Gasteiger partial charge in [-0.25, -0.2) is 9.78 Å². The molecule has 2 N–H and O–H groups in total. The maximum Gasteiger partial charge on any atom is 0.328 e. The van der Waals surface area contributed by atoms with Gasteiger partial charge < -0.3 is 14.8 Å². The standard InChI is InChI=1S/C14H12N2O4/c1-9-13(20-8-15-9)14(19)16-11-4-2-3-10(7-11)5-6-12(17)18/h2-8H,1H3,(H,16,19)(H,17,18)/b6-5+. The van der Waals surface area contributed by atoms with E-state index in [4.69, 9.17) is 9.52 Å². The zero-order chi connectivity index (χ0) is 14.5. The summed E-state index contributed by atoms with van der Waals surface area (Å²) in [6.07, 6.45) is 3.68. The van der Waals surface area contributed by atoms with E-state index in [9.17, 15) is 9.59 Å². The van der Waals surface area contributed by atoms with E-state index in [1.54, 1.807) is 31.2 Å². The van der Waals surface area contributed by atoms with Gasteiger partial charge in [0.1, 0.15) is 0 Å². The lowest BCUT2D eigenvalue weighted by Crippen LogP contribution is -2.12. The Balaban J connectivity index is 2.14. The van der Waals surface area contributed by atoms with Crippen LogP contribution in [0.15, 0.2) is 41.2 Å². The first-order chi connectivity index (χ1) is 9.56. The highest BCUT2D eigenvalue weighted by atomic mass is 16.4. The minimum Gasteiger partial charge on any atom is -0.478 e. The summed E-state index contributed by atoms with van der Waals surface area (Å²) in [5.74, 6) is -1.28. The highest BCUT2D eigenvalue weighted by molar-refractivity contribution is 6.03. The molecule has 1 heterocycles. The van der Waals surface area contributed by atoms with Gasteiger partial charge >= 0.3 is 5.97 Å². The predicted octanol–water partition coefficient (Wildman–Crippen LogP) is 2.33. The number of anilines is 1. The molecule has 1 aromatic carbocycles. The average molecular weight is 272 g/mol. The molecule has 0 fully saturated rings. The van der Waals surface area contributed by atoms with E-state index in [0.29, 0.717) is 16.9 Å². The number of aryl methyl sites for hydroxylation is 1. The van der Waals surface area contributed by atoms with Crippen molar-refractivity contribution in [3.8, 4) is 0 Å². The van der Waals surface area contributed by atoms with Gasteiger partial charge in [0.15, 0.2) is 6.39 Å². The van der Waals surface area contributed by atoms with Crippen LogP contribution in [-0.2, 0) is 4.79 Å². The van der Waals surface area contributed by atoms with E-state index in [-0.39, 0.29) is 5.76 Å². The second-order valence-electron chi connectivity index (χ2n) is 4.02. The maximum atomic E-state index is 11.9. The summed E-state index contributed by atoms with van der Waals surface area (Å²) in [5, 5.41) is 11.2. The number of aliphatic carboxylic acids is 1. The number of oxazole rings is 1. The molecule has 0 saturated carbocycles. The van der Waals surface area contributed by atoms with Crippen LogP contribution in [0.1, 0.15) is 21.8 Å². The van der Waals surface area contributed by atoms with Crippen LogP contribution in [0.25, 0.3) is 6.08 Å². The number of aromatic nitrogens is 1. The number of nitrogens with one attached hydrogen (secondary N) is 1. The lowest BCUT2D eigenvalue weighted by molar-refractivity contribution is -0.131. The van der Waals surface area contributed by atoms with Crippen LogP contribution in [0.4, 0.5) is 5.69 Å². The fourth-order valence-corrected chi connectivity index (χ4v) is 1.60. The van der Waals surface area contributed by atoms with Crippen LogP contribution in [0.2, 0.25) is 0 Å². The zero-order valence-electron chi connectivity index (χ0n) is 10.7. The van der Waals surface area contributed by atoms with Crippen LogP contribution >= 0.6 is 0 Å². The summed E-state index contributed by atoms with van der Waals surface area (Å²) in [4.78, 5) is 26.2. The summed E-state index contributed by atoms with van der Waals surface area (Å²) in [6.45, 7) is 1.67. The molecule has 0 aliphatic carbocycles. The summed E-state index contributed by atoms with van der Waals surface area (Å²) < 4.78 is 4.99. The Bertz CT molecular complexity index is 673. The molecule has 0 aliphatic rings. The highest BCUT2D eigenvalue weighted by Crippen LogP contribution is 2.14. The summed E-state index contributed by atoms with van der Waals surface area (Å²) >= 11 is 0. The van der Waals surface area contributed by atoms with E-state index < -0.39 is 11.9 Å². The number of amides is 1. The number of carboxylic acids is 1. The van der Waals surface area contributed by atoms with Gasteiger partial charge in [-0.05, 0) is 30.7 Å². The Hall–Kier alpha value is -2.89. The summed E-state index contributed by atoms with van der Waals surface area (Å²) in [7, 11) is 0. The largest absolute Gasteiger partial charge is 0.478 e. The number of benzene rings is 1. The van der Waals surface area contributed by atoms with Crippen molar-refractivity contribution in [2.45, 2.75) is 6.92 Å². The summed E-state index contributed by atoms with van der Waals surface area (Å²) in [5.41, 5.74) is 1.71. The third kappa shape index (κ3) is 3.32. The number of carbonyl (C=O) groups excluding carboxylic acids is 1. The number of hydrogen-bond donors (Lipinski definition) is 2. The van der Waals surface area contributed by atoms with Crippen molar-refractivity contribution < 1.29 is 19.1 Å². The van der Waals surface area contributed by atoms with Crippen molar-refractivity contribution >= 4 is 23.6 Å². The Morgan fingerprint density at radius 3 is 2.85 bits per heavy atom. The molecule has 6 heteroatoms. The normalized spacial score (nSPS) is 10.7. The number of carbonyl (C=O) groups is 2. The lowest BCUT2D eigenvalue weighted by atomic mass is 10.2. The topological polar surface area (TPSA) is 92.4 Å². The number of rotatable bonds is 4. The van der Waals surface area contributed by atoms with Crippen LogP contribution < -0.4 is 5.32 Å². The van der Waals surface area contributed by atoms with Crippen molar-refractivity contribution in [3.05, 3.63) is 53.8 Å². The number of hydrogen-bond acceptors (Lipinski definition) is 4. The third-order valence-corrected chi connectivity index (χ3v) is 2.51. The van der Waals surface area contributed by atoms with Crippen molar-refractivity contribution in [3.63, 3.8) is 0 Å². The molecular weight excluding hydrogens is 260 g/mol. The molecule has 0 saturated heterocycles. The van der Waals surface area contributed by atoms with Gasteiger partial charge in [-0.2, -0.15) is 0 Å². The Morgan fingerprint density at radius 2 is 2.20 bits per heavy atom. The van der Waals surface area contributed by atoms with Gasteiger partial charge in [-0.1, -0.05) is 12.1 Å². The smallest absolute Gasteiger partial charge is 0.328 e. The second-order valence-corrected chi connectivity index (χ2v) is 4.02. The molecule has 0 atom stereocenters. The minimum absolute atomic E-state index is 0.150. The first-order valence-electron chi connectivity index (χ1n) is 5.79. The Morgan fingerprint density at radius 1 is 1.40 bits per heavy atom. The fraction of sp³-hybridized carbons (Fsp3) is 0.0714. The van der Waals surface area contributed by atoms with E-state index >= 15 is 0 Å². The van der Waals surface area contributed by atoms with E-state index in [0.717, 1.165) is 6.08 Å². The van der Waals surface area contributed by atoms with Gasteiger partial charge in [0.25, 0.3) is 5.91 Å². The number of nitrogens with zero attached hydrogens (tertiary/aromatic N) is 1. The van der Waals surface area contributed by atoms with Crippen molar-refractivity contribution in [2.75, 3.05) is 5.32 Å². The molecule has 1 aromatic heterocycles. The van der Waals surface area contributed by atoms with Crippen molar-refractivity contribution in [2.24, 2.45) is 0 Å². The molecule has 2 rings (SSSR count). The first kappa shape index (κ1) is 13.5. The molecule has 0 aliphatic heterocycles. The first-order valence-corrected chi connectivity index (χ1v) is 5.79. The lowest BCUT2D eigenvalue weighted by Gasteiger charge is -2.04. The Kier molecular flexibility index (Phi) is 3.95. The van der Waals surface area contributed by atoms with Crippen LogP contribution in [0.3, 0.4) is 0 Å². The van der Waals surface area contributed by atoms with Gasteiger partial charge in [0.2, 0.25) is 5.76 Å². The Labute approximate surface area is 114 Å². The van der Waals surface area contributed by atoms with E-state index in [1.807, 2.05) is 0 Å². The number of carboxylic acid groups (broad SMARTS) is 1.